The summed E-state index contributed by atoms with van der Waals surface area (Å²) < 4.78 is 22.1. The first-order chi connectivity index (χ1) is 15.7. The van der Waals surface area contributed by atoms with Gasteiger partial charge in [-0.3, -0.25) is 4.79 Å². The molecule has 0 saturated carbocycles. The molecule has 1 aromatic heterocycles. The molecule has 5 atom stereocenters. The van der Waals surface area contributed by atoms with Gasteiger partial charge >= 0.3 is 0 Å². The Morgan fingerprint density at radius 2 is 1.73 bits per heavy atom. The second kappa shape index (κ2) is 8.89. The van der Waals surface area contributed by atoms with E-state index < -0.39 is 48.5 Å². The first-order valence-electron chi connectivity index (χ1n) is 9.89. The number of phenols is 2. The summed E-state index contributed by atoms with van der Waals surface area (Å²) >= 11 is 0. The van der Waals surface area contributed by atoms with Crippen LogP contribution in [0.4, 0.5) is 0 Å². The average molecular weight is 462 g/mol. The predicted molar refractivity (Wildman–Crippen MR) is 112 cm³/mol. The topological polar surface area (TPSA) is 179 Å². The molecule has 1 aliphatic heterocycles. The van der Waals surface area contributed by atoms with Gasteiger partial charge in [0, 0.05) is 23.8 Å². The van der Waals surface area contributed by atoms with E-state index in [9.17, 15) is 35.4 Å². The van der Waals surface area contributed by atoms with E-state index in [1.165, 1.54) is 37.4 Å². The van der Waals surface area contributed by atoms with Gasteiger partial charge in [-0.25, -0.2) is 0 Å². The molecule has 0 spiro atoms. The second-order valence-corrected chi connectivity index (χ2v) is 7.49. The highest BCUT2D eigenvalue weighted by Gasteiger charge is 2.45. The molecule has 0 bridgehead atoms. The summed E-state index contributed by atoms with van der Waals surface area (Å²) in [4.78, 5) is 13.0. The summed E-state index contributed by atoms with van der Waals surface area (Å²) in [5.41, 5.74) is -0.173. The highest BCUT2D eigenvalue weighted by molar-refractivity contribution is 5.86. The predicted octanol–water partition coefficient (Wildman–Crippen LogP) is 0.0585. The van der Waals surface area contributed by atoms with Crippen LogP contribution < -0.4 is 14.9 Å². The summed E-state index contributed by atoms with van der Waals surface area (Å²) in [6.07, 6.45) is -7.64. The van der Waals surface area contributed by atoms with Gasteiger partial charge < -0.3 is 49.3 Å². The Labute approximate surface area is 186 Å². The Bertz CT molecular complexity index is 1220. The number of hydrogen-bond donors (Lipinski definition) is 6. The molecular formula is C22H22O11. The van der Waals surface area contributed by atoms with Crippen molar-refractivity contribution in [2.75, 3.05) is 13.7 Å². The molecule has 1 saturated heterocycles. The lowest BCUT2D eigenvalue weighted by Gasteiger charge is -2.39. The minimum absolute atomic E-state index is 0.0282. The van der Waals surface area contributed by atoms with Crippen LogP contribution in [0.1, 0.15) is 0 Å². The average Bonchev–Trinajstić information content (AvgIpc) is 2.80. The Kier molecular flexibility index (Phi) is 6.15. The second-order valence-electron chi connectivity index (χ2n) is 7.49. The minimum atomic E-state index is -1.68. The van der Waals surface area contributed by atoms with Gasteiger partial charge in [0.05, 0.1) is 13.7 Å². The lowest BCUT2D eigenvalue weighted by Crippen LogP contribution is -2.60. The van der Waals surface area contributed by atoms with Gasteiger partial charge in [-0.1, -0.05) is 0 Å². The van der Waals surface area contributed by atoms with Crippen LogP contribution in [-0.4, -0.2) is 75.1 Å². The highest BCUT2D eigenvalue weighted by Crippen LogP contribution is 2.35. The van der Waals surface area contributed by atoms with Gasteiger partial charge in [-0.15, -0.1) is 0 Å². The molecule has 1 fully saturated rings. The van der Waals surface area contributed by atoms with Crippen LogP contribution >= 0.6 is 0 Å². The molecule has 2 aromatic carbocycles. The van der Waals surface area contributed by atoms with Crippen LogP contribution in [0.3, 0.4) is 0 Å². The SMILES string of the molecule is COc1cc(O[C@@H]2O[C@H](CO)[C@@H](O)[C@H](O)[C@H]2O)c2c(=O)cc(-c3ccc(O)c(O)c3)oc2c1. The van der Waals surface area contributed by atoms with Crippen molar-refractivity contribution in [2.24, 2.45) is 0 Å². The van der Waals surface area contributed by atoms with Crippen LogP contribution in [0.5, 0.6) is 23.0 Å². The molecule has 11 nitrogen and oxygen atoms in total. The summed E-state index contributed by atoms with van der Waals surface area (Å²) in [6.45, 7) is -0.644. The van der Waals surface area contributed by atoms with Crippen molar-refractivity contribution in [3.05, 3.63) is 46.6 Å². The number of ether oxygens (including phenoxy) is 3. The summed E-state index contributed by atoms with van der Waals surface area (Å²) in [5, 5.41) is 58.8. The first-order valence-corrected chi connectivity index (χ1v) is 9.89. The fraction of sp³-hybridized carbons (Fsp3) is 0.318. The summed E-state index contributed by atoms with van der Waals surface area (Å²) in [5.74, 6) is -0.500. The molecule has 2 heterocycles. The van der Waals surface area contributed by atoms with Crippen LogP contribution in [0.25, 0.3) is 22.3 Å². The highest BCUT2D eigenvalue weighted by atomic mass is 16.7. The van der Waals surface area contributed by atoms with Gasteiger partial charge in [0.1, 0.15) is 52.6 Å². The van der Waals surface area contributed by atoms with Crippen molar-refractivity contribution in [1.82, 2.24) is 0 Å². The van der Waals surface area contributed by atoms with Gasteiger partial charge in [-0.2, -0.15) is 0 Å². The number of fused-ring (bicyclic) bond motifs is 1. The van der Waals surface area contributed by atoms with E-state index in [0.29, 0.717) is 5.56 Å². The maximum atomic E-state index is 13.0. The van der Waals surface area contributed by atoms with Gasteiger partial charge in [0.2, 0.25) is 6.29 Å². The summed E-state index contributed by atoms with van der Waals surface area (Å²) in [6, 6.07) is 7.86. The Morgan fingerprint density at radius 3 is 2.39 bits per heavy atom. The fourth-order valence-electron chi connectivity index (χ4n) is 3.55. The molecule has 0 radical (unpaired) electrons. The lowest BCUT2D eigenvalue weighted by molar-refractivity contribution is -0.277. The largest absolute Gasteiger partial charge is 0.504 e. The zero-order chi connectivity index (χ0) is 23.9. The van der Waals surface area contributed by atoms with E-state index in [0.717, 1.165) is 6.07 Å². The molecule has 4 rings (SSSR count). The number of aromatic hydroxyl groups is 2. The van der Waals surface area contributed by atoms with Crippen molar-refractivity contribution >= 4 is 11.0 Å². The molecule has 33 heavy (non-hydrogen) atoms. The van der Waals surface area contributed by atoms with Crippen molar-refractivity contribution < 1.29 is 49.3 Å². The van der Waals surface area contributed by atoms with E-state index in [-0.39, 0.29) is 34.0 Å². The lowest BCUT2D eigenvalue weighted by atomic mass is 9.99. The third-order valence-corrected chi connectivity index (χ3v) is 5.36. The van der Waals surface area contributed by atoms with E-state index >= 15 is 0 Å². The van der Waals surface area contributed by atoms with Crippen molar-refractivity contribution in [3.63, 3.8) is 0 Å². The van der Waals surface area contributed by atoms with Crippen molar-refractivity contribution in [3.8, 4) is 34.3 Å². The fourth-order valence-corrected chi connectivity index (χ4v) is 3.55. The number of aliphatic hydroxyl groups is 4. The molecular weight excluding hydrogens is 440 g/mol. The maximum absolute atomic E-state index is 13.0. The number of aliphatic hydroxyl groups excluding tert-OH is 4. The van der Waals surface area contributed by atoms with Crippen LogP contribution in [0.15, 0.2) is 45.6 Å². The normalized spacial score (nSPS) is 25.2. The molecule has 6 N–H and O–H groups in total. The molecule has 1 aliphatic rings. The third-order valence-electron chi connectivity index (χ3n) is 5.36. The monoisotopic (exact) mass is 462 g/mol. The Hall–Kier alpha value is -3.35. The molecule has 0 aliphatic carbocycles. The number of phenolic OH excluding ortho intramolecular Hbond substituents is 2. The zero-order valence-corrected chi connectivity index (χ0v) is 17.3. The summed E-state index contributed by atoms with van der Waals surface area (Å²) in [7, 11) is 1.37. The van der Waals surface area contributed by atoms with Gasteiger partial charge in [0.25, 0.3) is 0 Å². The first kappa shape index (κ1) is 22.8. The zero-order valence-electron chi connectivity index (χ0n) is 17.3. The van der Waals surface area contributed by atoms with Gasteiger partial charge in [0.15, 0.2) is 16.9 Å². The maximum Gasteiger partial charge on any atom is 0.229 e. The molecule has 11 heteroatoms. The molecule has 0 amide bonds. The number of benzene rings is 2. The molecule has 3 aromatic rings. The Balaban J connectivity index is 1.79. The number of methoxy groups -OCH3 is 1. The quantitative estimate of drug-likeness (QED) is 0.282. The number of rotatable bonds is 5. The van der Waals surface area contributed by atoms with E-state index in [2.05, 4.69) is 0 Å². The van der Waals surface area contributed by atoms with Crippen molar-refractivity contribution in [1.29, 1.82) is 0 Å². The standard InChI is InChI=1S/C22H22O11/c1-30-10-5-15-18(13(26)7-14(31-15)9-2-3-11(24)12(25)4-9)16(6-10)32-22-21(29)20(28)19(27)17(8-23)33-22/h2-7,17,19-25,27-29H,8H2,1H3/t17-,19-,20+,21-,22-/m1/s1. The smallest absolute Gasteiger partial charge is 0.229 e. The van der Waals surface area contributed by atoms with E-state index in [1.807, 2.05) is 0 Å². The van der Waals surface area contributed by atoms with E-state index in [1.54, 1.807) is 0 Å². The van der Waals surface area contributed by atoms with Crippen LogP contribution in [0, 0.1) is 0 Å². The van der Waals surface area contributed by atoms with E-state index in [4.69, 9.17) is 18.6 Å². The number of hydrogen-bond acceptors (Lipinski definition) is 11. The third kappa shape index (κ3) is 4.19. The van der Waals surface area contributed by atoms with Crippen molar-refractivity contribution in [2.45, 2.75) is 30.7 Å². The molecule has 176 valence electrons. The van der Waals surface area contributed by atoms with Gasteiger partial charge in [-0.05, 0) is 18.2 Å². The Morgan fingerprint density at radius 1 is 0.970 bits per heavy atom. The molecule has 0 unspecified atom stereocenters. The van der Waals surface area contributed by atoms with Crippen LogP contribution in [-0.2, 0) is 4.74 Å². The minimum Gasteiger partial charge on any atom is -0.504 e. The van der Waals surface area contributed by atoms with Crippen LogP contribution in [0.2, 0.25) is 0 Å².